The molecule has 0 radical (unpaired) electrons. The third kappa shape index (κ3) is 2.67. The Bertz CT molecular complexity index is 331. The van der Waals surface area contributed by atoms with Crippen molar-refractivity contribution in [2.24, 2.45) is 11.8 Å². The number of nitrogens with one attached hydrogen (secondary N) is 1. The Morgan fingerprint density at radius 2 is 2.19 bits per heavy atom. The van der Waals surface area contributed by atoms with Gasteiger partial charge in [-0.25, -0.2) is 0 Å². The van der Waals surface area contributed by atoms with E-state index in [2.05, 4.69) is 37.5 Å². The van der Waals surface area contributed by atoms with Gasteiger partial charge in [0.05, 0.1) is 0 Å². The molecule has 0 aliphatic heterocycles. The van der Waals surface area contributed by atoms with Crippen LogP contribution in [-0.4, -0.2) is 6.04 Å². The normalized spacial score (nSPS) is 30.6. The highest BCUT2D eigenvalue weighted by Crippen LogP contribution is 2.30. The highest BCUT2D eigenvalue weighted by atomic mass is 32.1. The molecule has 1 aliphatic rings. The molecule has 0 bridgehead atoms. The lowest BCUT2D eigenvalue weighted by Gasteiger charge is -2.34. The van der Waals surface area contributed by atoms with Crippen LogP contribution in [0.4, 0.5) is 0 Å². The summed E-state index contributed by atoms with van der Waals surface area (Å²) in [6.07, 6.45) is 4.17. The first-order valence-electron chi connectivity index (χ1n) is 6.45. The summed E-state index contributed by atoms with van der Waals surface area (Å²) in [5, 5.41) is 5.95. The Labute approximate surface area is 103 Å². The van der Waals surface area contributed by atoms with Crippen molar-refractivity contribution in [1.29, 1.82) is 0 Å². The fraction of sp³-hybridized carbons (Fsp3) is 0.714. The molecule has 1 saturated carbocycles. The molecule has 1 aromatic heterocycles. The van der Waals surface area contributed by atoms with Gasteiger partial charge in [0.1, 0.15) is 0 Å². The van der Waals surface area contributed by atoms with E-state index in [1.807, 2.05) is 11.3 Å². The molecule has 0 spiro atoms. The van der Waals surface area contributed by atoms with Crippen molar-refractivity contribution in [2.75, 3.05) is 0 Å². The van der Waals surface area contributed by atoms with E-state index in [0.717, 1.165) is 24.4 Å². The topological polar surface area (TPSA) is 12.0 Å². The van der Waals surface area contributed by atoms with Gasteiger partial charge in [0, 0.05) is 17.5 Å². The number of thiophene rings is 1. The van der Waals surface area contributed by atoms with Gasteiger partial charge in [-0.3, -0.25) is 0 Å². The maximum absolute atomic E-state index is 3.76. The van der Waals surface area contributed by atoms with Crippen LogP contribution in [0.1, 0.15) is 43.6 Å². The molecule has 0 unspecified atom stereocenters. The van der Waals surface area contributed by atoms with Gasteiger partial charge >= 0.3 is 0 Å². The predicted octanol–water partition coefficient (Wildman–Crippen LogP) is 3.97. The Morgan fingerprint density at radius 3 is 2.88 bits per heavy atom. The Morgan fingerprint density at radius 1 is 1.38 bits per heavy atom. The highest BCUT2D eigenvalue weighted by Gasteiger charge is 2.26. The standard InChI is InChI=1S/C14H23NS/c1-10-5-4-6-13(12(10)3)15-9-14-11(2)7-8-16-14/h7-8,10,12-13,15H,4-6,9H2,1-3H3/t10-,12-,13+/m0/s1. The van der Waals surface area contributed by atoms with E-state index < -0.39 is 0 Å². The van der Waals surface area contributed by atoms with Crippen LogP contribution in [0.25, 0.3) is 0 Å². The van der Waals surface area contributed by atoms with Gasteiger partial charge in [-0.1, -0.05) is 26.7 Å². The third-order valence-corrected chi connectivity index (χ3v) is 5.22. The summed E-state index contributed by atoms with van der Waals surface area (Å²) in [6, 6.07) is 2.94. The molecule has 1 aromatic rings. The van der Waals surface area contributed by atoms with Crippen LogP contribution in [0.3, 0.4) is 0 Å². The predicted molar refractivity (Wildman–Crippen MR) is 71.9 cm³/mol. The van der Waals surface area contributed by atoms with E-state index in [1.54, 1.807) is 0 Å². The molecule has 90 valence electrons. The molecular formula is C14H23NS. The minimum Gasteiger partial charge on any atom is -0.309 e. The number of hydrogen-bond acceptors (Lipinski definition) is 2. The van der Waals surface area contributed by atoms with Crippen molar-refractivity contribution >= 4 is 11.3 Å². The molecule has 1 heterocycles. The van der Waals surface area contributed by atoms with Crippen LogP contribution in [0.2, 0.25) is 0 Å². The van der Waals surface area contributed by atoms with Gasteiger partial charge in [0.15, 0.2) is 0 Å². The molecule has 2 heteroatoms. The van der Waals surface area contributed by atoms with E-state index in [4.69, 9.17) is 0 Å². The van der Waals surface area contributed by atoms with Gasteiger partial charge in [-0.2, -0.15) is 0 Å². The smallest absolute Gasteiger partial charge is 0.0305 e. The first kappa shape index (κ1) is 12.1. The van der Waals surface area contributed by atoms with Gasteiger partial charge in [0.25, 0.3) is 0 Å². The molecule has 0 saturated heterocycles. The van der Waals surface area contributed by atoms with Crippen molar-refractivity contribution in [3.63, 3.8) is 0 Å². The average molecular weight is 237 g/mol. The first-order valence-corrected chi connectivity index (χ1v) is 7.33. The van der Waals surface area contributed by atoms with Crippen LogP contribution in [-0.2, 0) is 6.54 Å². The second-order valence-corrected chi connectivity index (χ2v) is 6.28. The van der Waals surface area contributed by atoms with Crippen molar-refractivity contribution in [1.82, 2.24) is 5.32 Å². The summed E-state index contributed by atoms with van der Waals surface area (Å²) in [4.78, 5) is 1.51. The van der Waals surface area contributed by atoms with Crippen LogP contribution in [0.15, 0.2) is 11.4 Å². The molecular weight excluding hydrogens is 214 g/mol. The Balaban J connectivity index is 1.88. The third-order valence-electron chi connectivity index (χ3n) is 4.20. The average Bonchev–Trinajstić information content (AvgIpc) is 2.67. The van der Waals surface area contributed by atoms with Gasteiger partial charge in [0.2, 0.25) is 0 Å². The number of rotatable bonds is 3. The van der Waals surface area contributed by atoms with E-state index >= 15 is 0 Å². The highest BCUT2D eigenvalue weighted by molar-refractivity contribution is 7.10. The molecule has 2 rings (SSSR count). The lowest BCUT2D eigenvalue weighted by Crippen LogP contribution is -2.40. The summed E-state index contributed by atoms with van der Waals surface area (Å²) in [6.45, 7) is 8.07. The molecule has 1 N–H and O–H groups in total. The van der Waals surface area contributed by atoms with Gasteiger partial charge < -0.3 is 5.32 Å². The van der Waals surface area contributed by atoms with E-state index in [-0.39, 0.29) is 0 Å². The van der Waals surface area contributed by atoms with Crippen molar-refractivity contribution in [3.05, 3.63) is 21.9 Å². The molecule has 16 heavy (non-hydrogen) atoms. The van der Waals surface area contributed by atoms with Crippen molar-refractivity contribution in [3.8, 4) is 0 Å². The SMILES string of the molecule is Cc1ccsc1CN[C@@H]1CCC[C@H](C)[C@@H]1C. The summed E-state index contributed by atoms with van der Waals surface area (Å²) in [5.41, 5.74) is 1.44. The molecule has 1 fully saturated rings. The molecule has 0 aromatic carbocycles. The van der Waals surface area contributed by atoms with Gasteiger partial charge in [-0.05, 0) is 42.2 Å². The Kier molecular flexibility index (Phi) is 4.04. The fourth-order valence-electron chi connectivity index (χ4n) is 2.68. The fourth-order valence-corrected chi connectivity index (χ4v) is 3.54. The molecule has 3 atom stereocenters. The number of hydrogen-bond donors (Lipinski definition) is 1. The summed E-state index contributed by atoms with van der Waals surface area (Å²) >= 11 is 1.88. The Hall–Kier alpha value is -0.340. The zero-order chi connectivity index (χ0) is 11.5. The second-order valence-electron chi connectivity index (χ2n) is 5.28. The quantitative estimate of drug-likeness (QED) is 0.838. The summed E-state index contributed by atoms with van der Waals surface area (Å²) in [5.74, 6) is 1.71. The molecule has 1 nitrogen and oxygen atoms in total. The van der Waals surface area contributed by atoms with Gasteiger partial charge in [-0.15, -0.1) is 11.3 Å². The van der Waals surface area contributed by atoms with Crippen LogP contribution < -0.4 is 5.32 Å². The monoisotopic (exact) mass is 237 g/mol. The zero-order valence-corrected chi connectivity index (χ0v) is 11.4. The summed E-state index contributed by atoms with van der Waals surface area (Å²) in [7, 11) is 0. The minimum atomic E-state index is 0.727. The van der Waals surface area contributed by atoms with E-state index in [1.165, 1.54) is 29.7 Å². The van der Waals surface area contributed by atoms with E-state index in [9.17, 15) is 0 Å². The summed E-state index contributed by atoms with van der Waals surface area (Å²) < 4.78 is 0. The maximum Gasteiger partial charge on any atom is 0.0305 e. The number of aryl methyl sites for hydroxylation is 1. The molecule has 0 amide bonds. The molecule has 1 aliphatic carbocycles. The van der Waals surface area contributed by atoms with Crippen molar-refractivity contribution < 1.29 is 0 Å². The van der Waals surface area contributed by atoms with E-state index in [0.29, 0.717) is 0 Å². The largest absolute Gasteiger partial charge is 0.309 e. The lowest BCUT2D eigenvalue weighted by molar-refractivity contribution is 0.206. The van der Waals surface area contributed by atoms with Crippen LogP contribution in [0.5, 0.6) is 0 Å². The maximum atomic E-state index is 3.76. The van der Waals surface area contributed by atoms with Crippen molar-refractivity contribution in [2.45, 2.75) is 52.6 Å². The minimum absolute atomic E-state index is 0.727. The first-order chi connectivity index (χ1) is 7.68. The zero-order valence-electron chi connectivity index (χ0n) is 10.6. The van der Waals surface area contributed by atoms with Crippen LogP contribution >= 0.6 is 11.3 Å². The lowest BCUT2D eigenvalue weighted by atomic mass is 9.78. The van der Waals surface area contributed by atoms with Crippen LogP contribution in [0, 0.1) is 18.8 Å². The second kappa shape index (κ2) is 5.33.